The van der Waals surface area contributed by atoms with Gasteiger partial charge >= 0.3 is 36.1 Å². The molecule has 2 saturated heterocycles. The van der Waals surface area contributed by atoms with Gasteiger partial charge in [0.15, 0.2) is 26.6 Å². The molecule has 0 aromatic carbocycles. The van der Waals surface area contributed by atoms with Crippen LogP contribution in [0.5, 0.6) is 0 Å². The molecule has 26 heteroatoms. The van der Waals surface area contributed by atoms with Crippen molar-refractivity contribution >= 4 is 35.9 Å². The first-order chi connectivity index (χ1) is 21.3. The Morgan fingerprint density at radius 2 is 1.33 bits per heavy atom. The molecule has 0 spiro atoms. The summed E-state index contributed by atoms with van der Waals surface area (Å²) in [6.45, 7) is -1.40. The number of imidazole rings is 1. The second kappa shape index (κ2) is 13.6. The standard InChI is InChI=1S/C19H19N6O17P3/c26-8-1-2-24(19(33)21-8)16-12(29)10(27)6(39-16)3-37-43(34)41-45(36)42-44(35)38-4-7-11(28)13(30)17(40-7)25-5-20-9-14(25)22-18(32)23-15(9)31/h1-2,5-7,10-13,16-17,27-30H,3-4H2/p+3/t6-,7+,10-,11+,12-,13+,16-,17+/m1/s1. The summed E-state index contributed by atoms with van der Waals surface area (Å²) in [7, 11) is -9.89. The lowest BCUT2D eigenvalue weighted by atomic mass is 10.1. The third-order valence-electron chi connectivity index (χ3n) is 6.50. The van der Waals surface area contributed by atoms with Crippen LogP contribution in [0, 0.1) is 0 Å². The molecule has 5 rings (SSSR count). The molecule has 3 unspecified atom stereocenters. The number of hydrogen-bond acceptors (Lipinski definition) is 18. The molecule has 2 aliphatic rings. The van der Waals surface area contributed by atoms with Crippen LogP contribution in [0.3, 0.4) is 0 Å². The quantitative estimate of drug-likeness (QED) is 0.0941. The molecule has 0 radical (unpaired) electrons. The summed E-state index contributed by atoms with van der Waals surface area (Å²) >= 11 is 0. The maximum Gasteiger partial charge on any atom is 0.798 e. The van der Waals surface area contributed by atoms with Crippen LogP contribution < -0.4 is 22.5 Å². The van der Waals surface area contributed by atoms with Crippen LogP contribution in [-0.4, -0.2) is 99.3 Å². The third kappa shape index (κ3) is 7.11. The van der Waals surface area contributed by atoms with Crippen molar-refractivity contribution in [2.75, 3.05) is 13.2 Å². The number of aromatic amines is 3. The van der Waals surface area contributed by atoms with Gasteiger partial charge in [0.25, 0.3) is 11.1 Å². The predicted octanol–water partition coefficient (Wildman–Crippen LogP) is -2.76. The number of hydrogen-bond donors (Lipinski definition) is 7. The van der Waals surface area contributed by atoms with E-state index in [1.54, 1.807) is 0 Å². The van der Waals surface area contributed by atoms with Gasteiger partial charge in [-0.05, 0) is 0 Å². The van der Waals surface area contributed by atoms with E-state index in [0.29, 0.717) is 0 Å². The van der Waals surface area contributed by atoms with Crippen molar-refractivity contribution in [2.45, 2.75) is 49.1 Å². The van der Waals surface area contributed by atoms with Gasteiger partial charge in [-0.2, -0.15) is 0 Å². The van der Waals surface area contributed by atoms with E-state index in [2.05, 4.69) is 18.6 Å². The molecule has 0 amide bonds. The summed E-state index contributed by atoms with van der Waals surface area (Å²) in [5, 5.41) is 41.1. The van der Waals surface area contributed by atoms with E-state index in [9.17, 15) is 53.3 Å². The van der Waals surface area contributed by atoms with E-state index in [1.165, 1.54) is 0 Å². The molecule has 7 N–H and O–H groups in total. The Kier molecular flexibility index (Phi) is 10.0. The SMILES string of the molecule is O=c1ccn([C@@H]2O[C@H](CO[P+](=O)O[P+](=O)O[P+](=O)OC[C@@H]3O[C@H](n4cnc5c(=O)[nH]c(=O)[nH]c54)[C@@H](O)[C@H]3O)[C@@H](O)[C@H]2O)c(=O)[nH]1. The van der Waals surface area contributed by atoms with Crippen LogP contribution in [-0.2, 0) is 40.8 Å². The van der Waals surface area contributed by atoms with Gasteiger partial charge in [0.2, 0.25) is 0 Å². The zero-order valence-corrected chi connectivity index (χ0v) is 24.7. The molecule has 23 nitrogen and oxygen atoms in total. The lowest BCUT2D eigenvalue weighted by molar-refractivity contribution is -0.0516. The molecule has 3 aromatic heterocycles. The molecule has 2 aliphatic heterocycles. The van der Waals surface area contributed by atoms with Crippen molar-refractivity contribution in [1.82, 2.24) is 29.1 Å². The Morgan fingerprint density at radius 1 is 0.778 bits per heavy atom. The van der Waals surface area contributed by atoms with Gasteiger partial charge in [0, 0.05) is 26.0 Å². The van der Waals surface area contributed by atoms with Crippen LogP contribution >= 0.6 is 24.8 Å². The molecule has 2 fully saturated rings. The molecule has 242 valence electrons. The first-order valence-corrected chi connectivity index (χ1v) is 15.7. The molecule has 3 aromatic rings. The summed E-state index contributed by atoms with van der Waals surface area (Å²) in [4.78, 5) is 56.8. The van der Waals surface area contributed by atoms with Gasteiger partial charge < -0.3 is 29.9 Å². The summed E-state index contributed by atoms with van der Waals surface area (Å²) in [5.41, 5.74) is -3.62. The van der Waals surface area contributed by atoms with Crippen molar-refractivity contribution < 1.29 is 61.3 Å². The highest BCUT2D eigenvalue weighted by Gasteiger charge is 2.53. The Balaban J connectivity index is 1.08. The highest BCUT2D eigenvalue weighted by Crippen LogP contribution is 2.47. The van der Waals surface area contributed by atoms with Gasteiger partial charge in [-0.1, -0.05) is 0 Å². The minimum absolute atomic E-state index is 0.115. The average molecular weight is 699 g/mol. The normalized spacial score (nSPS) is 29.3. The van der Waals surface area contributed by atoms with E-state index in [4.69, 9.17) is 18.5 Å². The lowest BCUT2D eigenvalue weighted by Gasteiger charge is -2.16. The first-order valence-electron chi connectivity index (χ1n) is 12.4. The average Bonchev–Trinajstić information content (AvgIpc) is 3.60. The molecule has 5 heterocycles. The number of rotatable bonds is 12. The van der Waals surface area contributed by atoms with Crippen molar-refractivity contribution in [3.05, 3.63) is 60.3 Å². The van der Waals surface area contributed by atoms with E-state index >= 15 is 0 Å². The van der Waals surface area contributed by atoms with Crippen molar-refractivity contribution in [2.24, 2.45) is 0 Å². The van der Waals surface area contributed by atoms with Gasteiger partial charge in [-0.15, -0.1) is 9.05 Å². The first kappa shape index (κ1) is 33.1. The number of fused-ring (bicyclic) bond motifs is 1. The molecule has 0 aliphatic carbocycles. The second-order valence-corrected chi connectivity index (χ2v) is 12.5. The minimum Gasteiger partial charge on any atom is -0.387 e. The summed E-state index contributed by atoms with van der Waals surface area (Å²) in [6, 6.07) is 0.976. The molecule has 0 saturated carbocycles. The Bertz CT molecular complexity index is 1850. The number of nitrogens with one attached hydrogen (secondary N) is 3. The molecular formula is C19H22N6O17P3+3. The fourth-order valence-corrected chi connectivity index (χ4v) is 6.58. The van der Waals surface area contributed by atoms with Crippen LogP contribution in [0.4, 0.5) is 0 Å². The van der Waals surface area contributed by atoms with Gasteiger partial charge in [-0.3, -0.25) is 33.7 Å². The molecule has 0 bridgehead atoms. The number of H-pyrrole nitrogens is 3. The van der Waals surface area contributed by atoms with E-state index in [-0.39, 0.29) is 11.2 Å². The van der Waals surface area contributed by atoms with Crippen LogP contribution in [0.15, 0.2) is 37.8 Å². The second-order valence-electron chi connectivity index (χ2n) is 9.29. The molecule has 11 atom stereocenters. The highest BCUT2D eigenvalue weighted by atomic mass is 31.2. The number of ether oxygens (including phenoxy) is 2. The van der Waals surface area contributed by atoms with E-state index in [0.717, 1.165) is 27.7 Å². The molecular weight excluding hydrogens is 677 g/mol. The van der Waals surface area contributed by atoms with Gasteiger partial charge in [-0.25, -0.2) is 14.6 Å². The van der Waals surface area contributed by atoms with Crippen LogP contribution in [0.1, 0.15) is 12.5 Å². The van der Waals surface area contributed by atoms with Crippen LogP contribution in [0.2, 0.25) is 0 Å². The fourth-order valence-electron chi connectivity index (χ4n) is 4.41. The van der Waals surface area contributed by atoms with Gasteiger partial charge in [0.05, 0.1) is 6.33 Å². The lowest BCUT2D eigenvalue weighted by Crippen LogP contribution is -2.37. The minimum atomic E-state index is -3.39. The summed E-state index contributed by atoms with van der Waals surface area (Å²) in [6.07, 6.45) is -9.98. The van der Waals surface area contributed by atoms with Crippen molar-refractivity contribution in [3.8, 4) is 0 Å². The Hall–Kier alpha value is -3.27. The topological polar surface area (TPSA) is 326 Å². The Labute approximate surface area is 249 Å². The monoisotopic (exact) mass is 699 g/mol. The number of aromatic nitrogens is 6. The van der Waals surface area contributed by atoms with E-state index < -0.39 is 110 Å². The Morgan fingerprint density at radius 3 is 1.89 bits per heavy atom. The zero-order chi connectivity index (χ0) is 32.6. The number of nitrogens with zero attached hydrogens (tertiary/aromatic N) is 3. The number of aliphatic hydroxyl groups is 4. The maximum atomic E-state index is 12.1. The fraction of sp³-hybridized carbons (Fsp3) is 0.526. The number of aliphatic hydroxyl groups excluding tert-OH is 4. The maximum absolute atomic E-state index is 12.1. The highest BCUT2D eigenvalue weighted by molar-refractivity contribution is 7.53. The zero-order valence-electron chi connectivity index (χ0n) is 22.0. The van der Waals surface area contributed by atoms with Gasteiger partial charge in [0.1, 0.15) is 55.5 Å². The van der Waals surface area contributed by atoms with Crippen molar-refractivity contribution in [3.63, 3.8) is 0 Å². The van der Waals surface area contributed by atoms with Crippen molar-refractivity contribution in [1.29, 1.82) is 0 Å². The van der Waals surface area contributed by atoms with E-state index in [1.807, 2.05) is 9.97 Å². The smallest absolute Gasteiger partial charge is 0.387 e. The molecule has 45 heavy (non-hydrogen) atoms. The van der Waals surface area contributed by atoms with Crippen LogP contribution in [0.25, 0.3) is 11.2 Å². The predicted molar refractivity (Wildman–Crippen MR) is 141 cm³/mol. The largest absolute Gasteiger partial charge is 0.798 e. The third-order valence-corrected chi connectivity index (χ3v) is 9.35. The summed E-state index contributed by atoms with van der Waals surface area (Å²) < 4.78 is 67.4. The summed E-state index contributed by atoms with van der Waals surface area (Å²) in [5.74, 6) is 0.